The Hall–Kier alpha value is -1.09. The molecule has 6 atom stereocenters. The molecule has 1 aliphatic heterocycles. The van der Waals surface area contributed by atoms with Crippen molar-refractivity contribution in [1.82, 2.24) is 0 Å². The molecule has 1 saturated carbocycles. The van der Waals surface area contributed by atoms with E-state index in [0.29, 0.717) is 25.9 Å². The van der Waals surface area contributed by atoms with E-state index < -0.39 is 24.1 Å². The second-order valence-corrected chi connectivity index (χ2v) is 11.0. The largest absolute Gasteiger partial charge is 0.481 e. The Balaban J connectivity index is 1.93. The van der Waals surface area contributed by atoms with Gasteiger partial charge >= 0.3 is 5.97 Å². The summed E-state index contributed by atoms with van der Waals surface area (Å²) in [6.45, 7) is 2.67. The Morgan fingerprint density at radius 2 is 1.78 bits per heavy atom. The summed E-state index contributed by atoms with van der Waals surface area (Å²) in [5, 5.41) is 29.9. The number of aliphatic hydroxyl groups is 2. The normalized spacial score (nSPS) is 27.6. The molecule has 1 saturated heterocycles. The Morgan fingerprint density at radius 1 is 1.08 bits per heavy atom. The molecule has 1 aliphatic carbocycles. The lowest BCUT2D eigenvalue weighted by atomic mass is 9.87. The van der Waals surface area contributed by atoms with Crippen molar-refractivity contribution in [3.05, 3.63) is 12.2 Å². The molecule has 2 fully saturated rings. The summed E-state index contributed by atoms with van der Waals surface area (Å²) in [5.74, 6) is -4.33. The maximum atomic E-state index is 14.5. The molecule has 216 valence electrons. The molecule has 0 aromatic carbocycles. The van der Waals surface area contributed by atoms with Crippen molar-refractivity contribution in [1.29, 1.82) is 0 Å². The minimum absolute atomic E-state index is 0.123. The highest BCUT2D eigenvalue weighted by molar-refractivity contribution is 5.66. The van der Waals surface area contributed by atoms with Gasteiger partial charge in [0.2, 0.25) is 0 Å². The zero-order valence-electron chi connectivity index (χ0n) is 22.7. The molecule has 8 heteroatoms. The highest BCUT2D eigenvalue weighted by Gasteiger charge is 2.43. The lowest BCUT2D eigenvalue weighted by Gasteiger charge is -2.29. The number of unbranched alkanes of at least 4 members (excludes halogenated alkanes) is 8. The molecule has 3 N–H and O–H groups in total. The Labute approximate surface area is 221 Å². The van der Waals surface area contributed by atoms with Gasteiger partial charge in [0.25, 0.3) is 5.92 Å². The number of alkyl halides is 2. The SMILES string of the molecule is CCCCCCC(F)(F)C(O)/C=C/[C@H]1C(OC2CCCCO2)CC(O)C1CCCCCCCCC(=O)O. The molecule has 0 radical (unpaired) electrons. The van der Waals surface area contributed by atoms with E-state index >= 15 is 0 Å². The lowest BCUT2D eigenvalue weighted by molar-refractivity contribution is -0.193. The van der Waals surface area contributed by atoms with Gasteiger partial charge in [-0.05, 0) is 44.4 Å². The van der Waals surface area contributed by atoms with Crippen molar-refractivity contribution in [2.75, 3.05) is 6.61 Å². The summed E-state index contributed by atoms with van der Waals surface area (Å²) < 4.78 is 41.0. The Bertz CT molecular complexity index is 652. The third kappa shape index (κ3) is 12.1. The highest BCUT2D eigenvalue weighted by atomic mass is 19.3. The standard InChI is InChI=1S/C29H50F2O6/c1-2-3-4-12-19-29(30,31)26(33)18-17-23-22(14-9-7-5-6-8-10-15-27(34)35)24(32)21-25(23)37-28-16-11-13-20-36-28/h17-18,22-26,28,32-33H,2-16,19-21H2,1H3,(H,34,35)/b18-17+/t22?,23-,24?,25?,26?,28?/m1/s1. The predicted molar refractivity (Wildman–Crippen MR) is 139 cm³/mol. The zero-order valence-corrected chi connectivity index (χ0v) is 22.7. The summed E-state index contributed by atoms with van der Waals surface area (Å²) in [7, 11) is 0. The molecule has 6 nitrogen and oxygen atoms in total. The molecule has 2 rings (SSSR count). The first-order chi connectivity index (χ1) is 17.7. The van der Waals surface area contributed by atoms with Crippen LogP contribution in [0.3, 0.4) is 0 Å². The second-order valence-electron chi connectivity index (χ2n) is 11.0. The van der Waals surface area contributed by atoms with Gasteiger partial charge in [-0.15, -0.1) is 0 Å². The zero-order chi connectivity index (χ0) is 27.1. The first-order valence-electron chi connectivity index (χ1n) is 14.7. The quantitative estimate of drug-likeness (QED) is 0.128. The molecular formula is C29H50F2O6. The van der Waals surface area contributed by atoms with Crippen LogP contribution < -0.4 is 0 Å². The minimum atomic E-state index is -3.18. The number of hydrogen-bond acceptors (Lipinski definition) is 5. The van der Waals surface area contributed by atoms with Gasteiger partial charge in [-0.25, -0.2) is 8.78 Å². The van der Waals surface area contributed by atoms with E-state index in [0.717, 1.165) is 77.0 Å². The minimum Gasteiger partial charge on any atom is -0.481 e. The Morgan fingerprint density at radius 3 is 2.46 bits per heavy atom. The van der Waals surface area contributed by atoms with Crippen molar-refractivity contribution in [3.8, 4) is 0 Å². The average molecular weight is 533 g/mol. The van der Waals surface area contributed by atoms with E-state index in [1.807, 2.05) is 6.92 Å². The van der Waals surface area contributed by atoms with Gasteiger partial charge in [-0.1, -0.05) is 70.4 Å². The molecule has 0 amide bonds. The fraction of sp³-hybridized carbons (Fsp3) is 0.897. The maximum absolute atomic E-state index is 14.5. The van der Waals surface area contributed by atoms with E-state index in [1.165, 1.54) is 6.08 Å². The third-order valence-corrected chi connectivity index (χ3v) is 7.85. The van der Waals surface area contributed by atoms with Crippen LogP contribution in [0.1, 0.15) is 116 Å². The van der Waals surface area contributed by atoms with Crippen molar-refractivity contribution >= 4 is 5.97 Å². The van der Waals surface area contributed by atoms with Gasteiger partial charge < -0.3 is 24.8 Å². The van der Waals surface area contributed by atoms with E-state index in [2.05, 4.69) is 0 Å². The number of aliphatic hydroxyl groups excluding tert-OH is 2. The molecule has 37 heavy (non-hydrogen) atoms. The molecule has 2 aliphatic rings. The molecule has 0 aromatic heterocycles. The number of halogens is 2. The summed E-state index contributed by atoms with van der Waals surface area (Å²) in [6.07, 6.45) is 12.0. The van der Waals surface area contributed by atoms with Gasteiger partial charge in [0.05, 0.1) is 12.2 Å². The van der Waals surface area contributed by atoms with Crippen LogP contribution in [0.5, 0.6) is 0 Å². The number of ether oxygens (including phenoxy) is 2. The fourth-order valence-electron chi connectivity index (χ4n) is 5.59. The van der Waals surface area contributed by atoms with Crippen LogP contribution in [0, 0.1) is 11.8 Å². The Kier molecular flexibility index (Phi) is 15.2. The number of hydrogen-bond donors (Lipinski definition) is 3. The fourth-order valence-corrected chi connectivity index (χ4v) is 5.59. The van der Waals surface area contributed by atoms with Crippen LogP contribution in [-0.2, 0) is 14.3 Å². The molecule has 1 heterocycles. The topological polar surface area (TPSA) is 96.2 Å². The summed E-state index contributed by atoms with van der Waals surface area (Å²) in [5.41, 5.74) is 0. The maximum Gasteiger partial charge on any atom is 0.303 e. The van der Waals surface area contributed by atoms with E-state index in [9.17, 15) is 23.8 Å². The highest BCUT2D eigenvalue weighted by Crippen LogP contribution is 2.40. The molecule has 0 bridgehead atoms. The third-order valence-electron chi connectivity index (χ3n) is 7.85. The second kappa shape index (κ2) is 17.5. The van der Waals surface area contributed by atoms with Crippen LogP contribution in [0.25, 0.3) is 0 Å². The van der Waals surface area contributed by atoms with Crippen LogP contribution in [-0.4, -0.2) is 58.4 Å². The van der Waals surface area contributed by atoms with Crippen molar-refractivity contribution < 1.29 is 38.4 Å². The molecule has 0 spiro atoms. The smallest absolute Gasteiger partial charge is 0.303 e. The number of aliphatic carboxylic acids is 1. The van der Waals surface area contributed by atoms with Crippen LogP contribution in [0.2, 0.25) is 0 Å². The molecule has 5 unspecified atom stereocenters. The molecule has 0 aromatic rings. The van der Waals surface area contributed by atoms with E-state index in [4.69, 9.17) is 14.6 Å². The van der Waals surface area contributed by atoms with Crippen LogP contribution in [0.4, 0.5) is 8.78 Å². The lowest BCUT2D eigenvalue weighted by Crippen LogP contribution is -2.33. The number of carbonyl (C=O) groups is 1. The van der Waals surface area contributed by atoms with Crippen LogP contribution in [0.15, 0.2) is 12.2 Å². The van der Waals surface area contributed by atoms with Gasteiger partial charge in [0, 0.05) is 31.8 Å². The van der Waals surface area contributed by atoms with Gasteiger partial charge in [0.15, 0.2) is 6.29 Å². The monoisotopic (exact) mass is 532 g/mol. The molecular weight excluding hydrogens is 482 g/mol. The van der Waals surface area contributed by atoms with Crippen molar-refractivity contribution in [2.24, 2.45) is 11.8 Å². The van der Waals surface area contributed by atoms with Crippen molar-refractivity contribution in [2.45, 2.75) is 147 Å². The number of carboxylic acids is 1. The average Bonchev–Trinajstić information content (AvgIpc) is 3.15. The van der Waals surface area contributed by atoms with Gasteiger partial charge in [-0.3, -0.25) is 4.79 Å². The predicted octanol–water partition coefficient (Wildman–Crippen LogP) is 6.62. The number of carboxylic acid groups (broad SMARTS) is 1. The van der Waals surface area contributed by atoms with Gasteiger partial charge in [-0.2, -0.15) is 0 Å². The van der Waals surface area contributed by atoms with E-state index in [-0.39, 0.29) is 37.1 Å². The van der Waals surface area contributed by atoms with Gasteiger partial charge in [0.1, 0.15) is 6.10 Å². The number of rotatable bonds is 19. The first kappa shape index (κ1) is 32.1. The van der Waals surface area contributed by atoms with Crippen molar-refractivity contribution in [3.63, 3.8) is 0 Å². The summed E-state index contributed by atoms with van der Waals surface area (Å²) in [4.78, 5) is 10.6. The first-order valence-corrected chi connectivity index (χ1v) is 14.7. The summed E-state index contributed by atoms with van der Waals surface area (Å²) >= 11 is 0. The van der Waals surface area contributed by atoms with Crippen LogP contribution >= 0.6 is 0 Å². The van der Waals surface area contributed by atoms with E-state index in [1.54, 1.807) is 6.08 Å². The summed E-state index contributed by atoms with van der Waals surface area (Å²) in [6, 6.07) is 0.